The standard InChI is InChI=1S/C25H25NO10/c1-3-36-14(28)7-5-10-4-6-11-9(2)15-18(21(31)16(11)19(10)29)23(33)25(35)12(20(15)30)8-13(27)17(22(25)32)24(26)34/h4-7,9,12,15,20,29-32,35H,3,8H2,1-2H3,(H2,26,34)/b7-5+. The predicted octanol–water partition coefficient (Wildman–Crippen LogP) is 0.532. The van der Waals surface area contributed by atoms with Gasteiger partial charge in [0.1, 0.15) is 22.8 Å². The van der Waals surface area contributed by atoms with Gasteiger partial charge >= 0.3 is 5.97 Å². The van der Waals surface area contributed by atoms with Gasteiger partial charge in [0.2, 0.25) is 5.78 Å². The van der Waals surface area contributed by atoms with Crippen LogP contribution in [0, 0.1) is 11.8 Å². The Morgan fingerprint density at radius 1 is 1.22 bits per heavy atom. The van der Waals surface area contributed by atoms with E-state index in [1.807, 2.05) is 0 Å². The smallest absolute Gasteiger partial charge is 0.330 e. The largest absolute Gasteiger partial charge is 0.508 e. The van der Waals surface area contributed by atoms with Gasteiger partial charge in [0.25, 0.3) is 5.91 Å². The van der Waals surface area contributed by atoms with Crippen molar-refractivity contribution >= 4 is 35.3 Å². The summed E-state index contributed by atoms with van der Waals surface area (Å²) in [5.74, 6) is -10.00. The third-order valence-electron chi connectivity index (χ3n) is 7.22. The van der Waals surface area contributed by atoms with Crippen molar-refractivity contribution in [2.24, 2.45) is 17.6 Å². The Kier molecular flexibility index (Phi) is 6.01. The normalized spacial score (nSPS) is 29.7. The van der Waals surface area contributed by atoms with E-state index in [0.29, 0.717) is 5.56 Å². The molecule has 1 aromatic rings. The van der Waals surface area contributed by atoms with Crippen LogP contribution in [0.15, 0.2) is 35.1 Å². The second-order valence-corrected chi connectivity index (χ2v) is 9.04. The van der Waals surface area contributed by atoms with Gasteiger partial charge in [-0.1, -0.05) is 19.1 Å². The monoisotopic (exact) mass is 499 g/mol. The number of phenolic OH excluding ortho intramolecular Hbond substituents is 1. The highest BCUT2D eigenvalue weighted by molar-refractivity contribution is 6.23. The number of rotatable bonds is 4. The maximum Gasteiger partial charge on any atom is 0.330 e. The molecule has 36 heavy (non-hydrogen) atoms. The minimum Gasteiger partial charge on any atom is -0.508 e. The molecule has 3 aliphatic rings. The first-order valence-corrected chi connectivity index (χ1v) is 11.2. The summed E-state index contributed by atoms with van der Waals surface area (Å²) in [6.07, 6.45) is 0.0853. The van der Waals surface area contributed by atoms with E-state index in [2.05, 4.69) is 0 Å². The number of benzene rings is 1. The van der Waals surface area contributed by atoms with Crippen molar-refractivity contribution < 1.29 is 49.4 Å². The van der Waals surface area contributed by atoms with Gasteiger partial charge < -0.3 is 36.0 Å². The molecule has 1 fully saturated rings. The summed E-state index contributed by atoms with van der Waals surface area (Å²) >= 11 is 0. The van der Waals surface area contributed by atoms with Gasteiger partial charge in [-0.25, -0.2) is 4.79 Å². The summed E-state index contributed by atoms with van der Waals surface area (Å²) < 4.78 is 4.80. The molecule has 1 aromatic carbocycles. The second kappa shape index (κ2) is 8.61. The molecular weight excluding hydrogens is 474 g/mol. The number of primary amides is 1. The first-order chi connectivity index (χ1) is 16.9. The van der Waals surface area contributed by atoms with Gasteiger partial charge in [0, 0.05) is 35.5 Å². The average Bonchev–Trinajstić information content (AvgIpc) is 2.81. The summed E-state index contributed by atoms with van der Waals surface area (Å²) in [5.41, 5.74) is 1.15. The van der Waals surface area contributed by atoms with Crippen molar-refractivity contribution in [2.45, 2.75) is 37.9 Å². The van der Waals surface area contributed by atoms with E-state index in [0.717, 1.165) is 6.08 Å². The van der Waals surface area contributed by atoms with Gasteiger partial charge in [-0.2, -0.15) is 0 Å². The van der Waals surface area contributed by atoms with Crippen LogP contribution < -0.4 is 5.73 Å². The van der Waals surface area contributed by atoms with Crippen LogP contribution in [0.1, 0.15) is 42.9 Å². The number of phenols is 1. The lowest BCUT2D eigenvalue weighted by Gasteiger charge is -2.50. The second-order valence-electron chi connectivity index (χ2n) is 9.04. The minimum absolute atomic E-state index is 0.113. The molecule has 3 aliphatic carbocycles. The fourth-order valence-corrected chi connectivity index (χ4v) is 5.50. The number of aromatic hydroxyl groups is 1. The zero-order valence-electron chi connectivity index (χ0n) is 19.4. The van der Waals surface area contributed by atoms with E-state index in [1.54, 1.807) is 19.9 Å². The molecule has 190 valence electrons. The van der Waals surface area contributed by atoms with Crippen LogP contribution in [0.3, 0.4) is 0 Å². The summed E-state index contributed by atoms with van der Waals surface area (Å²) in [7, 11) is 0. The molecule has 1 amide bonds. The highest BCUT2D eigenvalue weighted by Gasteiger charge is 2.64. The summed E-state index contributed by atoms with van der Waals surface area (Å²) in [4.78, 5) is 49.5. The maximum atomic E-state index is 13.6. The Morgan fingerprint density at radius 3 is 2.50 bits per heavy atom. The Morgan fingerprint density at radius 2 is 1.89 bits per heavy atom. The lowest BCUT2D eigenvalue weighted by Crippen LogP contribution is -2.63. The number of aliphatic hydroxyl groups excluding tert-OH is 3. The van der Waals surface area contributed by atoms with Crippen molar-refractivity contribution in [3.8, 4) is 5.75 Å². The van der Waals surface area contributed by atoms with Crippen LogP contribution in [0.2, 0.25) is 0 Å². The molecule has 11 heteroatoms. The number of carbonyl (C=O) groups excluding carboxylic acids is 4. The Hall–Kier alpha value is -3.96. The molecule has 4 rings (SSSR count). The van der Waals surface area contributed by atoms with E-state index < -0.39 is 87.7 Å². The molecule has 11 nitrogen and oxygen atoms in total. The highest BCUT2D eigenvalue weighted by Crippen LogP contribution is 2.55. The number of ketones is 2. The number of hydrogen-bond acceptors (Lipinski definition) is 10. The molecule has 0 aromatic heterocycles. The van der Waals surface area contributed by atoms with Crippen LogP contribution in [0.5, 0.6) is 5.75 Å². The van der Waals surface area contributed by atoms with E-state index in [1.165, 1.54) is 12.1 Å². The molecule has 0 radical (unpaired) electrons. The van der Waals surface area contributed by atoms with Gasteiger partial charge in [-0.3, -0.25) is 14.4 Å². The molecule has 0 heterocycles. The first kappa shape index (κ1) is 25.1. The SMILES string of the molecule is CCOC(=O)/C=C/c1ccc2c(c1O)C(O)=C1C(=O)C3(O)C(O)=C(C(N)=O)C(=O)CC3C(O)C1C2C. The van der Waals surface area contributed by atoms with Crippen molar-refractivity contribution in [1.29, 1.82) is 0 Å². The Bertz CT molecular complexity index is 1310. The summed E-state index contributed by atoms with van der Waals surface area (Å²) in [6, 6.07) is 3.02. The lowest BCUT2D eigenvalue weighted by atomic mass is 9.55. The summed E-state index contributed by atoms with van der Waals surface area (Å²) in [6.45, 7) is 3.39. The number of aliphatic hydroxyl groups is 4. The van der Waals surface area contributed by atoms with Crippen molar-refractivity contribution in [1.82, 2.24) is 0 Å². The Labute approximate surface area is 204 Å². The number of nitrogens with two attached hydrogens (primary N) is 1. The van der Waals surface area contributed by atoms with Crippen molar-refractivity contribution in [3.63, 3.8) is 0 Å². The molecule has 0 aliphatic heterocycles. The number of esters is 1. The minimum atomic E-state index is -2.90. The topological polar surface area (TPSA) is 205 Å². The number of ether oxygens (including phenoxy) is 1. The van der Waals surface area contributed by atoms with Gasteiger partial charge in [0.15, 0.2) is 11.4 Å². The van der Waals surface area contributed by atoms with Crippen LogP contribution in [-0.2, 0) is 23.9 Å². The van der Waals surface area contributed by atoms with Crippen LogP contribution in [0.4, 0.5) is 0 Å². The van der Waals surface area contributed by atoms with Crippen LogP contribution in [0.25, 0.3) is 11.8 Å². The number of amides is 1. The number of hydrogen-bond donors (Lipinski definition) is 6. The van der Waals surface area contributed by atoms with Gasteiger partial charge in [-0.15, -0.1) is 0 Å². The Balaban J connectivity index is 1.91. The fraction of sp³-hybridized carbons (Fsp3) is 0.360. The van der Waals surface area contributed by atoms with Gasteiger partial charge in [0.05, 0.1) is 18.3 Å². The summed E-state index contributed by atoms with van der Waals surface area (Å²) in [5, 5.41) is 55.2. The zero-order chi connectivity index (χ0) is 26.7. The molecule has 5 unspecified atom stereocenters. The van der Waals surface area contributed by atoms with Crippen molar-refractivity contribution in [2.75, 3.05) is 6.61 Å². The number of carbonyl (C=O) groups is 4. The average molecular weight is 499 g/mol. The molecule has 5 atom stereocenters. The molecule has 1 saturated carbocycles. The van der Waals surface area contributed by atoms with E-state index >= 15 is 0 Å². The van der Waals surface area contributed by atoms with Crippen LogP contribution in [-0.4, -0.2) is 67.3 Å². The number of Topliss-reactive ketones (excluding diaryl/α,β-unsaturated/α-hetero) is 2. The molecular formula is C25H25NO10. The molecule has 0 spiro atoms. The molecule has 0 bridgehead atoms. The van der Waals surface area contributed by atoms with Crippen molar-refractivity contribution in [3.05, 3.63) is 51.8 Å². The van der Waals surface area contributed by atoms with E-state index in [9.17, 15) is 44.7 Å². The quantitative estimate of drug-likeness (QED) is 0.192. The van der Waals surface area contributed by atoms with Gasteiger partial charge in [-0.05, 0) is 24.5 Å². The first-order valence-electron chi connectivity index (χ1n) is 11.2. The van der Waals surface area contributed by atoms with E-state index in [4.69, 9.17) is 10.5 Å². The number of fused-ring (bicyclic) bond motifs is 3. The highest BCUT2D eigenvalue weighted by atomic mass is 16.5. The molecule has 0 saturated heterocycles. The third kappa shape index (κ3) is 3.34. The van der Waals surface area contributed by atoms with Crippen LogP contribution >= 0.6 is 0 Å². The third-order valence-corrected chi connectivity index (χ3v) is 7.22. The zero-order valence-corrected chi connectivity index (χ0v) is 19.4. The maximum absolute atomic E-state index is 13.6. The lowest BCUT2D eigenvalue weighted by molar-refractivity contribution is -0.160. The predicted molar refractivity (Wildman–Crippen MR) is 123 cm³/mol. The molecule has 7 N–H and O–H groups in total. The van der Waals surface area contributed by atoms with E-state index in [-0.39, 0.29) is 17.7 Å². The fourth-order valence-electron chi connectivity index (χ4n) is 5.50.